The van der Waals surface area contributed by atoms with E-state index in [9.17, 15) is 4.79 Å². The average molecular weight is 413 g/mol. The zero-order valence-corrected chi connectivity index (χ0v) is 16.8. The maximum atomic E-state index is 12.4. The Kier molecular flexibility index (Phi) is 5.15. The Bertz CT molecular complexity index is 1160. The summed E-state index contributed by atoms with van der Waals surface area (Å²) in [5, 5.41) is 12.9. The second-order valence-corrected chi connectivity index (χ2v) is 7.88. The Morgan fingerprint density at radius 2 is 2.07 bits per heavy atom. The van der Waals surface area contributed by atoms with E-state index >= 15 is 0 Å². The molecule has 7 nitrogen and oxygen atoms in total. The number of benzene rings is 1. The molecule has 0 spiro atoms. The summed E-state index contributed by atoms with van der Waals surface area (Å²) in [5.74, 6) is 0.252. The molecule has 1 atom stereocenters. The quantitative estimate of drug-likeness (QED) is 0.495. The molecule has 0 aliphatic heterocycles. The summed E-state index contributed by atoms with van der Waals surface area (Å²) in [6.45, 7) is 4.62. The highest BCUT2D eigenvalue weighted by atomic mass is 35.5. The van der Waals surface area contributed by atoms with Crippen molar-refractivity contribution in [3.05, 3.63) is 47.6 Å². The van der Waals surface area contributed by atoms with Crippen LogP contribution >= 0.6 is 23.4 Å². The lowest BCUT2D eigenvalue weighted by Crippen LogP contribution is -2.23. The van der Waals surface area contributed by atoms with Crippen molar-refractivity contribution < 1.29 is 4.79 Å². The fourth-order valence-electron chi connectivity index (χ4n) is 2.95. The number of amides is 1. The first kappa shape index (κ1) is 18.6. The van der Waals surface area contributed by atoms with E-state index in [2.05, 4.69) is 37.0 Å². The molecule has 1 aromatic carbocycles. The number of fused-ring (bicyclic) bond motifs is 3. The third-order valence-electron chi connectivity index (χ3n) is 4.30. The number of hydrogen-bond acceptors (Lipinski definition) is 6. The number of thioether (sulfide) groups is 1. The molecule has 1 unspecified atom stereocenters. The van der Waals surface area contributed by atoms with Gasteiger partial charge in [0.2, 0.25) is 11.1 Å². The van der Waals surface area contributed by atoms with Crippen LogP contribution in [-0.4, -0.2) is 35.9 Å². The second kappa shape index (κ2) is 7.73. The summed E-state index contributed by atoms with van der Waals surface area (Å²) in [6.07, 6.45) is 1.49. The Balaban J connectivity index is 1.58. The number of carbonyl (C=O) groups is 1. The standard InChI is InChI=1S/C19H17ClN6OS/c1-3-26-14-7-5-4-6-13(14)16-17(26)23-19(25-24-16)28-11(2)18(27)22-15-9-8-12(20)10-21-15/h4-11H,3H2,1-2H3,(H,21,22,27). The van der Waals surface area contributed by atoms with Crippen molar-refractivity contribution in [3.8, 4) is 0 Å². The van der Waals surface area contributed by atoms with Gasteiger partial charge in [-0.15, -0.1) is 10.2 Å². The smallest absolute Gasteiger partial charge is 0.238 e. The Hall–Kier alpha value is -2.71. The van der Waals surface area contributed by atoms with Crippen molar-refractivity contribution in [2.45, 2.75) is 30.8 Å². The minimum atomic E-state index is -0.420. The highest BCUT2D eigenvalue weighted by Crippen LogP contribution is 2.28. The molecule has 0 bridgehead atoms. The number of pyridine rings is 1. The minimum absolute atomic E-state index is 0.195. The molecule has 0 saturated carbocycles. The number of nitrogens with zero attached hydrogens (tertiary/aromatic N) is 5. The van der Waals surface area contributed by atoms with Gasteiger partial charge in [0, 0.05) is 18.1 Å². The van der Waals surface area contributed by atoms with E-state index in [0.717, 1.165) is 28.6 Å². The van der Waals surface area contributed by atoms with Crippen molar-refractivity contribution in [3.63, 3.8) is 0 Å². The number of halogens is 1. The van der Waals surface area contributed by atoms with Crippen LogP contribution < -0.4 is 5.32 Å². The van der Waals surface area contributed by atoms with Gasteiger partial charge in [-0.1, -0.05) is 41.6 Å². The van der Waals surface area contributed by atoms with Crippen molar-refractivity contribution >= 4 is 57.2 Å². The molecule has 4 aromatic rings. The van der Waals surface area contributed by atoms with Crippen LogP contribution in [0.2, 0.25) is 5.02 Å². The van der Waals surface area contributed by atoms with Crippen LogP contribution in [0.5, 0.6) is 0 Å². The summed E-state index contributed by atoms with van der Waals surface area (Å²) in [4.78, 5) is 21.2. The van der Waals surface area contributed by atoms with Crippen molar-refractivity contribution in [1.82, 2.24) is 24.7 Å². The predicted molar refractivity (Wildman–Crippen MR) is 112 cm³/mol. The van der Waals surface area contributed by atoms with E-state index < -0.39 is 5.25 Å². The highest BCUT2D eigenvalue weighted by Gasteiger charge is 2.19. The molecule has 0 aliphatic rings. The molecule has 0 aliphatic carbocycles. The molecule has 1 amide bonds. The van der Waals surface area contributed by atoms with Gasteiger partial charge in [0.15, 0.2) is 5.65 Å². The lowest BCUT2D eigenvalue weighted by atomic mass is 10.2. The fourth-order valence-corrected chi connectivity index (χ4v) is 3.77. The van der Waals surface area contributed by atoms with Crippen LogP contribution in [0, 0.1) is 0 Å². The van der Waals surface area contributed by atoms with Gasteiger partial charge >= 0.3 is 0 Å². The lowest BCUT2D eigenvalue weighted by Gasteiger charge is -2.10. The third kappa shape index (κ3) is 3.53. The number of hydrogen-bond donors (Lipinski definition) is 1. The number of aromatic nitrogens is 5. The van der Waals surface area contributed by atoms with Gasteiger partial charge in [0.05, 0.1) is 15.8 Å². The Morgan fingerprint density at radius 1 is 1.25 bits per heavy atom. The zero-order valence-electron chi connectivity index (χ0n) is 15.3. The first-order chi connectivity index (χ1) is 13.6. The molecule has 28 heavy (non-hydrogen) atoms. The van der Waals surface area contributed by atoms with E-state index in [0.29, 0.717) is 16.0 Å². The van der Waals surface area contributed by atoms with Crippen LogP contribution in [0.3, 0.4) is 0 Å². The zero-order chi connectivity index (χ0) is 19.7. The van der Waals surface area contributed by atoms with Crippen LogP contribution in [0.1, 0.15) is 13.8 Å². The molecule has 1 N–H and O–H groups in total. The maximum Gasteiger partial charge on any atom is 0.238 e. The van der Waals surface area contributed by atoms with Crippen LogP contribution in [-0.2, 0) is 11.3 Å². The monoisotopic (exact) mass is 412 g/mol. The molecule has 0 saturated heterocycles. The van der Waals surface area contributed by atoms with Crippen molar-refractivity contribution in [1.29, 1.82) is 0 Å². The number of aryl methyl sites for hydroxylation is 1. The first-order valence-electron chi connectivity index (χ1n) is 8.77. The van der Waals surface area contributed by atoms with Gasteiger partial charge in [0.25, 0.3) is 0 Å². The molecule has 3 heterocycles. The van der Waals surface area contributed by atoms with Crippen LogP contribution in [0.15, 0.2) is 47.8 Å². The van der Waals surface area contributed by atoms with Gasteiger partial charge in [-0.2, -0.15) is 0 Å². The van der Waals surface area contributed by atoms with E-state index in [-0.39, 0.29) is 5.91 Å². The van der Waals surface area contributed by atoms with Gasteiger partial charge in [-0.25, -0.2) is 9.97 Å². The number of nitrogens with one attached hydrogen (secondary N) is 1. The van der Waals surface area contributed by atoms with E-state index in [4.69, 9.17) is 11.6 Å². The normalized spacial score (nSPS) is 12.4. The molecular formula is C19H17ClN6OS. The molecule has 0 fully saturated rings. The number of anilines is 1. The van der Waals surface area contributed by atoms with E-state index in [1.165, 1.54) is 18.0 Å². The summed E-state index contributed by atoms with van der Waals surface area (Å²) in [6, 6.07) is 11.4. The molecule has 9 heteroatoms. The van der Waals surface area contributed by atoms with Gasteiger partial charge in [-0.05, 0) is 32.0 Å². The summed E-state index contributed by atoms with van der Waals surface area (Å²) >= 11 is 7.07. The summed E-state index contributed by atoms with van der Waals surface area (Å²) in [5.41, 5.74) is 2.61. The molecule has 3 aromatic heterocycles. The average Bonchev–Trinajstić information content (AvgIpc) is 3.02. The molecular weight excluding hydrogens is 396 g/mol. The van der Waals surface area contributed by atoms with Crippen LogP contribution in [0.25, 0.3) is 22.1 Å². The number of carbonyl (C=O) groups excluding carboxylic acids is 1. The summed E-state index contributed by atoms with van der Waals surface area (Å²) < 4.78 is 2.10. The van der Waals surface area contributed by atoms with Gasteiger partial charge < -0.3 is 9.88 Å². The lowest BCUT2D eigenvalue weighted by molar-refractivity contribution is -0.115. The maximum absolute atomic E-state index is 12.4. The topological polar surface area (TPSA) is 85.6 Å². The first-order valence-corrected chi connectivity index (χ1v) is 10.0. The summed E-state index contributed by atoms with van der Waals surface area (Å²) in [7, 11) is 0. The Labute approximate surface area is 170 Å². The van der Waals surface area contributed by atoms with Gasteiger partial charge in [0.1, 0.15) is 11.3 Å². The van der Waals surface area contributed by atoms with E-state index in [1.54, 1.807) is 19.1 Å². The molecule has 142 valence electrons. The van der Waals surface area contributed by atoms with Crippen LogP contribution in [0.4, 0.5) is 5.82 Å². The largest absolute Gasteiger partial charge is 0.324 e. The number of rotatable bonds is 5. The molecule has 4 rings (SSSR count). The van der Waals surface area contributed by atoms with Gasteiger partial charge in [-0.3, -0.25) is 4.79 Å². The Morgan fingerprint density at radius 3 is 2.82 bits per heavy atom. The van der Waals surface area contributed by atoms with E-state index in [1.807, 2.05) is 24.3 Å². The highest BCUT2D eigenvalue weighted by molar-refractivity contribution is 8.00. The SMILES string of the molecule is CCn1c2ccccc2c2nnc(SC(C)C(=O)Nc3ccc(Cl)cn3)nc21. The fraction of sp³-hybridized carbons (Fsp3) is 0.211. The van der Waals surface area contributed by atoms with Crippen molar-refractivity contribution in [2.24, 2.45) is 0 Å². The minimum Gasteiger partial charge on any atom is -0.324 e. The number of para-hydroxylation sites is 1. The second-order valence-electron chi connectivity index (χ2n) is 6.14. The predicted octanol–water partition coefficient (Wildman–Crippen LogP) is 4.17. The molecule has 0 radical (unpaired) electrons. The van der Waals surface area contributed by atoms with Crippen molar-refractivity contribution in [2.75, 3.05) is 5.32 Å². The third-order valence-corrected chi connectivity index (χ3v) is 5.48.